The molecule has 0 aliphatic rings. The van der Waals surface area contributed by atoms with Crippen LogP contribution in [0.2, 0.25) is 0 Å². The smallest absolute Gasteiger partial charge is 0.129 e. The van der Waals surface area contributed by atoms with E-state index in [0.717, 1.165) is 19.2 Å². The molecule has 0 unspecified atom stereocenters. The predicted octanol–water partition coefficient (Wildman–Crippen LogP) is 3.61. The zero-order valence-corrected chi connectivity index (χ0v) is 12.3. The molecule has 0 saturated carbocycles. The number of rotatable bonds is 2. The van der Waals surface area contributed by atoms with Crippen LogP contribution in [0.15, 0.2) is 38.2 Å². The molecule has 2 aromatic heterocycles. The summed E-state index contributed by atoms with van der Waals surface area (Å²) in [6.45, 7) is 0.693. The topological polar surface area (TPSA) is 30.7 Å². The van der Waals surface area contributed by atoms with Crippen molar-refractivity contribution in [1.82, 2.24) is 14.8 Å². The van der Waals surface area contributed by atoms with E-state index in [2.05, 4.69) is 57.9 Å². The molecule has 0 saturated heterocycles. The lowest BCUT2D eigenvalue weighted by Gasteiger charge is -2.03. The van der Waals surface area contributed by atoms with Crippen molar-refractivity contribution in [1.29, 1.82) is 0 Å². The van der Waals surface area contributed by atoms with Gasteiger partial charge in [0, 0.05) is 22.9 Å². The van der Waals surface area contributed by atoms with Crippen LogP contribution in [0.1, 0.15) is 5.56 Å². The fraction of sp³-hybridized carbons (Fsp3) is 0.111. The Morgan fingerprint density at radius 3 is 2.53 bits per heavy atom. The first kappa shape index (κ1) is 11.3. The zero-order chi connectivity index (χ0) is 10.8. The summed E-state index contributed by atoms with van der Waals surface area (Å²) in [7, 11) is 0. The summed E-state index contributed by atoms with van der Waals surface area (Å²) >= 11 is 10.1. The predicted molar refractivity (Wildman–Crippen MR) is 68.7 cm³/mol. The van der Waals surface area contributed by atoms with E-state index in [0.29, 0.717) is 6.54 Å². The van der Waals surface area contributed by atoms with E-state index in [-0.39, 0.29) is 0 Å². The van der Waals surface area contributed by atoms with Crippen LogP contribution >= 0.6 is 47.8 Å². The monoisotopic (exact) mass is 393 g/mol. The normalized spacial score (nSPS) is 10.6. The molecule has 0 amide bonds. The first-order valence-electron chi connectivity index (χ1n) is 4.13. The third kappa shape index (κ3) is 2.89. The van der Waals surface area contributed by atoms with Crippen molar-refractivity contribution >= 4 is 47.8 Å². The Balaban J connectivity index is 2.25. The molecule has 15 heavy (non-hydrogen) atoms. The summed E-state index contributed by atoms with van der Waals surface area (Å²) in [5.74, 6) is 0. The molecule has 6 heteroatoms. The van der Waals surface area contributed by atoms with Crippen LogP contribution < -0.4 is 0 Å². The Bertz CT molecular complexity index is 481. The van der Waals surface area contributed by atoms with Gasteiger partial charge in [-0.25, -0.2) is 0 Å². The van der Waals surface area contributed by atoms with Gasteiger partial charge in [0.05, 0.1) is 6.54 Å². The fourth-order valence-electron chi connectivity index (χ4n) is 1.19. The van der Waals surface area contributed by atoms with Gasteiger partial charge in [0.15, 0.2) is 0 Å². The van der Waals surface area contributed by atoms with Crippen LogP contribution in [0.25, 0.3) is 0 Å². The van der Waals surface area contributed by atoms with Crippen LogP contribution in [0.4, 0.5) is 0 Å². The molecule has 0 N–H and O–H groups in total. The molecule has 2 rings (SSSR count). The molecule has 0 bridgehead atoms. The second-order valence-electron chi connectivity index (χ2n) is 2.96. The van der Waals surface area contributed by atoms with E-state index in [1.54, 1.807) is 6.20 Å². The van der Waals surface area contributed by atoms with Crippen molar-refractivity contribution in [2.75, 3.05) is 0 Å². The van der Waals surface area contributed by atoms with Crippen molar-refractivity contribution < 1.29 is 0 Å². The van der Waals surface area contributed by atoms with Crippen molar-refractivity contribution in [3.63, 3.8) is 0 Å². The fourth-order valence-corrected chi connectivity index (χ4v) is 2.74. The van der Waals surface area contributed by atoms with Crippen molar-refractivity contribution in [2.24, 2.45) is 0 Å². The third-order valence-electron chi connectivity index (χ3n) is 1.79. The molecule has 78 valence electrons. The van der Waals surface area contributed by atoms with E-state index < -0.39 is 0 Å². The van der Waals surface area contributed by atoms with Gasteiger partial charge >= 0.3 is 0 Å². The van der Waals surface area contributed by atoms with E-state index >= 15 is 0 Å². The van der Waals surface area contributed by atoms with E-state index in [1.165, 1.54) is 0 Å². The maximum Gasteiger partial charge on any atom is 0.129 e. The summed E-state index contributed by atoms with van der Waals surface area (Å²) < 4.78 is 4.59. The third-order valence-corrected chi connectivity index (χ3v) is 3.25. The Kier molecular flexibility index (Phi) is 3.58. The molecule has 0 aromatic carbocycles. The zero-order valence-electron chi connectivity index (χ0n) is 7.49. The number of hydrogen-bond donors (Lipinski definition) is 0. The minimum atomic E-state index is 0.693. The van der Waals surface area contributed by atoms with Crippen LogP contribution in [0.5, 0.6) is 0 Å². The van der Waals surface area contributed by atoms with Gasteiger partial charge in [-0.3, -0.25) is 9.67 Å². The highest BCUT2D eigenvalue weighted by atomic mass is 79.9. The molecule has 0 aliphatic heterocycles. The van der Waals surface area contributed by atoms with Gasteiger partial charge in [-0.05, 0) is 59.4 Å². The largest absolute Gasteiger partial charge is 0.263 e. The van der Waals surface area contributed by atoms with Crippen LogP contribution in [0.3, 0.4) is 0 Å². The Morgan fingerprint density at radius 2 is 1.93 bits per heavy atom. The minimum absolute atomic E-state index is 0.693. The number of hydrogen-bond acceptors (Lipinski definition) is 2. The number of aromatic nitrogens is 3. The molecule has 0 radical (unpaired) electrons. The molecule has 0 atom stereocenters. The molecular weight excluding hydrogens is 390 g/mol. The molecule has 2 heterocycles. The molecule has 0 spiro atoms. The van der Waals surface area contributed by atoms with Gasteiger partial charge in [0.2, 0.25) is 0 Å². The average molecular weight is 396 g/mol. The van der Waals surface area contributed by atoms with Crippen molar-refractivity contribution in [3.8, 4) is 0 Å². The van der Waals surface area contributed by atoms with Gasteiger partial charge in [-0.2, -0.15) is 5.10 Å². The van der Waals surface area contributed by atoms with Crippen LogP contribution in [-0.4, -0.2) is 14.8 Å². The van der Waals surface area contributed by atoms with Gasteiger partial charge in [-0.1, -0.05) is 0 Å². The Hall–Kier alpha value is -0.200. The summed E-state index contributed by atoms with van der Waals surface area (Å²) in [4.78, 5) is 4.10. The molecular formula is C9H6Br3N3. The first-order chi connectivity index (χ1) is 7.15. The second-order valence-corrected chi connectivity index (χ2v) is 5.50. The lowest BCUT2D eigenvalue weighted by Crippen LogP contribution is -2.02. The van der Waals surface area contributed by atoms with Gasteiger partial charge < -0.3 is 0 Å². The number of halogens is 3. The van der Waals surface area contributed by atoms with E-state index in [1.807, 2.05) is 23.0 Å². The SMILES string of the molecule is Brc1cncc(Cn2nc(Br)cc2Br)c1. The Morgan fingerprint density at radius 1 is 1.13 bits per heavy atom. The highest BCUT2D eigenvalue weighted by Crippen LogP contribution is 2.18. The summed E-state index contributed by atoms with van der Waals surface area (Å²) in [6, 6.07) is 3.93. The lowest BCUT2D eigenvalue weighted by atomic mass is 10.3. The van der Waals surface area contributed by atoms with Crippen LogP contribution in [0, 0.1) is 0 Å². The van der Waals surface area contributed by atoms with E-state index in [9.17, 15) is 0 Å². The highest BCUT2D eigenvalue weighted by molar-refractivity contribution is 9.11. The van der Waals surface area contributed by atoms with Crippen molar-refractivity contribution in [2.45, 2.75) is 6.54 Å². The summed E-state index contributed by atoms with van der Waals surface area (Å²) in [6.07, 6.45) is 3.59. The lowest BCUT2D eigenvalue weighted by molar-refractivity contribution is 0.665. The summed E-state index contributed by atoms with van der Waals surface area (Å²) in [5.41, 5.74) is 1.10. The van der Waals surface area contributed by atoms with Crippen molar-refractivity contribution in [3.05, 3.63) is 43.8 Å². The molecule has 0 aliphatic carbocycles. The first-order valence-corrected chi connectivity index (χ1v) is 6.51. The maximum atomic E-state index is 4.28. The molecule has 0 fully saturated rings. The Labute approximate surface area is 112 Å². The molecule has 3 nitrogen and oxygen atoms in total. The maximum absolute atomic E-state index is 4.28. The quantitative estimate of drug-likeness (QED) is 0.777. The number of pyridine rings is 1. The van der Waals surface area contributed by atoms with Gasteiger partial charge in [0.1, 0.15) is 9.21 Å². The van der Waals surface area contributed by atoms with E-state index in [4.69, 9.17) is 0 Å². The highest BCUT2D eigenvalue weighted by Gasteiger charge is 2.04. The second kappa shape index (κ2) is 4.76. The average Bonchev–Trinajstić information content (AvgIpc) is 2.45. The summed E-state index contributed by atoms with van der Waals surface area (Å²) in [5, 5.41) is 4.28. The minimum Gasteiger partial charge on any atom is -0.263 e. The van der Waals surface area contributed by atoms with Gasteiger partial charge in [0.25, 0.3) is 0 Å². The number of nitrogens with zero attached hydrogens (tertiary/aromatic N) is 3. The standard InChI is InChI=1S/C9H6Br3N3/c10-7-1-6(3-13-4-7)5-15-9(12)2-8(11)14-15/h1-4H,5H2. The van der Waals surface area contributed by atoms with Crippen LogP contribution in [-0.2, 0) is 6.54 Å². The molecule has 2 aromatic rings. The van der Waals surface area contributed by atoms with Gasteiger partial charge in [-0.15, -0.1) is 0 Å².